The van der Waals surface area contributed by atoms with Crippen molar-refractivity contribution >= 4 is 41.1 Å². The highest BCUT2D eigenvalue weighted by molar-refractivity contribution is 7.87. The van der Waals surface area contributed by atoms with Gasteiger partial charge in [0.25, 0.3) is 23.6 Å². The third-order valence-electron chi connectivity index (χ3n) is 3.68. The predicted molar refractivity (Wildman–Crippen MR) is 91.0 cm³/mol. The number of hydrogen-bond donors (Lipinski definition) is 2. The average Bonchev–Trinajstić information content (AvgIpc) is 3.12. The number of imide groups is 2. The summed E-state index contributed by atoms with van der Waals surface area (Å²) < 4.78 is 17.0. The van der Waals surface area contributed by atoms with Crippen molar-refractivity contribution in [1.82, 2.24) is 19.4 Å². The topological polar surface area (TPSA) is 148 Å². The van der Waals surface area contributed by atoms with Gasteiger partial charge in [-0.25, -0.2) is 4.79 Å². The molecule has 0 aromatic carbocycles. The molecular weight excluding hydrogens is 380 g/mol. The van der Waals surface area contributed by atoms with Gasteiger partial charge in [-0.2, -0.15) is 0 Å². The van der Waals surface area contributed by atoms with E-state index in [2.05, 4.69) is 9.44 Å². The Morgan fingerprint density at radius 2 is 1.59 bits per heavy atom. The van der Waals surface area contributed by atoms with Crippen LogP contribution >= 0.6 is 0 Å². The molecule has 148 valence electrons. The lowest BCUT2D eigenvalue weighted by atomic mass is 10.3. The van der Waals surface area contributed by atoms with Crippen LogP contribution in [0, 0.1) is 0 Å². The molecule has 2 aliphatic rings. The van der Waals surface area contributed by atoms with Gasteiger partial charge in [0, 0.05) is 51.0 Å². The number of carbonyl (C=O) groups excluding carboxylic acids is 5. The van der Waals surface area contributed by atoms with Crippen LogP contribution in [0.15, 0.2) is 12.2 Å². The van der Waals surface area contributed by atoms with Crippen LogP contribution in [0.2, 0.25) is 0 Å². The summed E-state index contributed by atoms with van der Waals surface area (Å²) in [5.74, 6) is -2.51. The first-order chi connectivity index (χ1) is 12.9. The first-order valence-electron chi connectivity index (χ1n) is 8.37. The summed E-state index contributed by atoms with van der Waals surface area (Å²) in [5.41, 5.74) is 0. The van der Waals surface area contributed by atoms with Gasteiger partial charge in [0.15, 0.2) is 0 Å². The molecule has 2 heterocycles. The van der Waals surface area contributed by atoms with E-state index >= 15 is 0 Å². The van der Waals surface area contributed by atoms with Crippen LogP contribution in [0.25, 0.3) is 0 Å². The highest BCUT2D eigenvalue weighted by atomic mass is 32.2. The molecule has 0 spiro atoms. The molecule has 27 heavy (non-hydrogen) atoms. The number of amides is 4. The van der Waals surface area contributed by atoms with Crippen LogP contribution in [0.4, 0.5) is 0 Å². The molecule has 0 bridgehead atoms. The summed E-state index contributed by atoms with van der Waals surface area (Å²) in [5, 5.41) is 0.487. The van der Waals surface area contributed by atoms with Crippen molar-refractivity contribution in [1.29, 1.82) is 0 Å². The normalized spacial score (nSPS) is 18.0. The fourth-order valence-electron chi connectivity index (χ4n) is 2.31. The van der Waals surface area contributed by atoms with Gasteiger partial charge in [0.05, 0.1) is 0 Å². The Kier molecular flexibility index (Phi) is 7.91. The Morgan fingerprint density at radius 1 is 1.04 bits per heavy atom. The van der Waals surface area contributed by atoms with Crippen LogP contribution in [0.5, 0.6) is 0 Å². The Labute approximate surface area is 158 Å². The minimum atomic E-state index is -1.55. The molecule has 1 fully saturated rings. The van der Waals surface area contributed by atoms with Crippen LogP contribution in [0.1, 0.15) is 32.1 Å². The van der Waals surface area contributed by atoms with Crippen molar-refractivity contribution in [2.75, 3.05) is 19.6 Å². The van der Waals surface area contributed by atoms with E-state index in [0.717, 1.165) is 4.90 Å². The number of hydroxylamine groups is 2. The largest absolute Gasteiger partial charge is 0.579 e. The van der Waals surface area contributed by atoms with Gasteiger partial charge in [-0.1, -0.05) is 0 Å². The van der Waals surface area contributed by atoms with Crippen LogP contribution < -0.4 is 9.44 Å². The summed E-state index contributed by atoms with van der Waals surface area (Å²) in [7, 11) is 0. The molecule has 0 radical (unpaired) electrons. The van der Waals surface area contributed by atoms with E-state index in [0.29, 0.717) is 24.4 Å². The Hall–Kier alpha value is -2.28. The van der Waals surface area contributed by atoms with Gasteiger partial charge < -0.3 is 9.39 Å². The average molecular weight is 400 g/mol. The number of hydrogen-bond acceptors (Lipinski definition) is 9. The molecular formula is C15H20N4O7S. The minimum Gasteiger partial charge on any atom is -0.579 e. The second kappa shape index (κ2) is 10.2. The Balaban J connectivity index is 1.49. The maximum absolute atomic E-state index is 11.7. The molecule has 0 aromatic heterocycles. The third-order valence-corrected chi connectivity index (χ3v) is 4.61. The summed E-state index contributed by atoms with van der Waals surface area (Å²) in [6, 6.07) is 0. The molecule has 0 saturated carbocycles. The highest BCUT2D eigenvalue weighted by Crippen LogP contribution is 2.12. The molecule has 2 aliphatic heterocycles. The van der Waals surface area contributed by atoms with E-state index in [9.17, 15) is 28.5 Å². The van der Waals surface area contributed by atoms with Gasteiger partial charge in [-0.15, -0.1) is 14.5 Å². The van der Waals surface area contributed by atoms with E-state index in [4.69, 9.17) is 4.84 Å². The predicted octanol–water partition coefficient (Wildman–Crippen LogP) is -1.55. The standard InChI is InChI=1S/C15H20N4O7S/c20-11-4-5-12(21)18(11)10-2-9-17-27(25)16-8-1-3-15(24)26-19-13(22)6-7-14(19)23/h4-5,16-17H,1-3,6-10H2. The molecule has 2 N–H and O–H groups in total. The Morgan fingerprint density at radius 3 is 2.19 bits per heavy atom. The summed E-state index contributed by atoms with van der Waals surface area (Å²) in [6.07, 6.45) is 3.17. The van der Waals surface area contributed by atoms with Gasteiger partial charge in [0.1, 0.15) is 11.5 Å². The number of nitrogens with zero attached hydrogens (tertiary/aromatic N) is 2. The van der Waals surface area contributed by atoms with Crippen LogP contribution in [-0.4, -0.2) is 63.7 Å². The molecule has 0 aromatic rings. The fraction of sp³-hybridized carbons (Fsp3) is 0.533. The number of carbonyl (C=O) groups is 5. The molecule has 1 unspecified atom stereocenters. The zero-order valence-electron chi connectivity index (χ0n) is 14.5. The van der Waals surface area contributed by atoms with E-state index in [-0.39, 0.29) is 44.2 Å². The molecule has 12 heteroatoms. The van der Waals surface area contributed by atoms with E-state index in [1.165, 1.54) is 12.2 Å². The van der Waals surface area contributed by atoms with E-state index < -0.39 is 29.3 Å². The van der Waals surface area contributed by atoms with Gasteiger partial charge >= 0.3 is 5.97 Å². The van der Waals surface area contributed by atoms with E-state index in [1.54, 1.807) is 0 Å². The van der Waals surface area contributed by atoms with Gasteiger partial charge in [0.2, 0.25) is 0 Å². The number of nitrogens with one attached hydrogen (secondary N) is 2. The second-order valence-corrected chi connectivity index (χ2v) is 6.84. The lowest BCUT2D eigenvalue weighted by molar-refractivity contribution is -0.197. The minimum absolute atomic E-state index is 0.0366. The second-order valence-electron chi connectivity index (χ2n) is 5.72. The van der Waals surface area contributed by atoms with Crippen molar-refractivity contribution in [2.24, 2.45) is 0 Å². The lowest BCUT2D eigenvalue weighted by Crippen LogP contribution is -2.39. The summed E-state index contributed by atoms with van der Waals surface area (Å²) >= 11 is -1.55. The van der Waals surface area contributed by atoms with Crippen molar-refractivity contribution < 1.29 is 33.4 Å². The zero-order valence-corrected chi connectivity index (χ0v) is 15.3. The van der Waals surface area contributed by atoms with Crippen molar-refractivity contribution in [3.63, 3.8) is 0 Å². The molecule has 1 atom stereocenters. The van der Waals surface area contributed by atoms with Gasteiger partial charge in [-0.3, -0.25) is 24.1 Å². The SMILES string of the molecule is O=C(CCCN[S+]([O-])NCCCN1C(=O)C=CC1=O)ON1C(=O)CCC1=O. The lowest BCUT2D eigenvalue weighted by Gasteiger charge is -2.15. The smallest absolute Gasteiger partial charge is 0.333 e. The Bertz CT molecular complexity index is 620. The maximum atomic E-state index is 11.7. The number of rotatable bonds is 11. The summed E-state index contributed by atoms with van der Waals surface area (Å²) in [6.45, 7) is 0.788. The summed E-state index contributed by atoms with van der Waals surface area (Å²) in [4.78, 5) is 62.7. The molecule has 0 aliphatic carbocycles. The molecule has 1 saturated heterocycles. The molecule has 4 amide bonds. The highest BCUT2D eigenvalue weighted by Gasteiger charge is 2.32. The van der Waals surface area contributed by atoms with E-state index in [1.807, 2.05) is 0 Å². The molecule has 2 rings (SSSR count). The van der Waals surface area contributed by atoms with Crippen LogP contribution in [-0.2, 0) is 40.4 Å². The zero-order chi connectivity index (χ0) is 19.8. The fourth-order valence-corrected chi connectivity index (χ4v) is 3.07. The monoisotopic (exact) mass is 400 g/mol. The first-order valence-corrected chi connectivity index (χ1v) is 9.52. The van der Waals surface area contributed by atoms with Crippen molar-refractivity contribution in [3.8, 4) is 0 Å². The first kappa shape index (κ1) is 21.0. The third kappa shape index (κ3) is 6.43. The van der Waals surface area contributed by atoms with Gasteiger partial charge in [-0.05, 0) is 12.8 Å². The maximum Gasteiger partial charge on any atom is 0.333 e. The van der Waals surface area contributed by atoms with Crippen LogP contribution in [0.3, 0.4) is 0 Å². The molecule has 11 nitrogen and oxygen atoms in total. The van der Waals surface area contributed by atoms with Crippen molar-refractivity contribution in [3.05, 3.63) is 12.2 Å². The van der Waals surface area contributed by atoms with Crippen molar-refractivity contribution in [2.45, 2.75) is 32.1 Å². The quantitative estimate of drug-likeness (QED) is 0.239.